The van der Waals surface area contributed by atoms with Crippen LogP contribution >= 0.6 is 23.2 Å². The Balaban J connectivity index is 1.65. The van der Waals surface area contributed by atoms with Gasteiger partial charge < -0.3 is 14.7 Å². The van der Waals surface area contributed by atoms with Gasteiger partial charge in [0.25, 0.3) is 5.91 Å². The minimum absolute atomic E-state index is 0.0288. The molecule has 2 heterocycles. The van der Waals surface area contributed by atoms with E-state index in [2.05, 4.69) is 10.2 Å². The molecule has 0 saturated heterocycles. The number of phenolic OH excluding ortho intramolecular Hbond substituents is 1. The Labute approximate surface area is 206 Å². The molecule has 4 aromatic rings. The van der Waals surface area contributed by atoms with Gasteiger partial charge in [0.15, 0.2) is 0 Å². The molecule has 3 aromatic carbocycles. The smallest absolute Gasteiger partial charge is 0.273 e. The van der Waals surface area contributed by atoms with Crippen LogP contribution in [0.2, 0.25) is 10.0 Å². The first-order chi connectivity index (χ1) is 16.5. The van der Waals surface area contributed by atoms with E-state index in [1.54, 1.807) is 23.1 Å². The molecule has 172 valence electrons. The number of phenols is 1. The molecule has 0 radical (unpaired) electrons. The molecule has 1 unspecified atom stereocenters. The van der Waals surface area contributed by atoms with E-state index in [1.807, 2.05) is 49.4 Å². The van der Waals surface area contributed by atoms with Gasteiger partial charge in [0, 0.05) is 27.7 Å². The number of carbonyl (C=O) groups is 1. The van der Waals surface area contributed by atoms with Crippen molar-refractivity contribution in [2.45, 2.75) is 19.5 Å². The van der Waals surface area contributed by atoms with Gasteiger partial charge in [0.05, 0.1) is 12.6 Å². The standard InChI is InChI=1S/C26H21Cl2N3O3/c1-2-34-18-10-7-15(8-11-18)25-22-23(19-13-17(27)9-12-21(19)32)29-30-24(22)26(33)31(25)14-16-5-3-4-6-20(16)28/h3-13,25,32H,2,14H2,1H3,(H,29,30). The summed E-state index contributed by atoms with van der Waals surface area (Å²) >= 11 is 12.6. The summed E-state index contributed by atoms with van der Waals surface area (Å²) in [4.78, 5) is 15.3. The largest absolute Gasteiger partial charge is 0.507 e. The van der Waals surface area contributed by atoms with Crippen LogP contribution in [0.1, 0.15) is 40.1 Å². The summed E-state index contributed by atoms with van der Waals surface area (Å²) in [5.41, 5.74) is 3.70. The van der Waals surface area contributed by atoms with E-state index in [-0.39, 0.29) is 11.7 Å². The molecule has 0 fully saturated rings. The lowest BCUT2D eigenvalue weighted by Gasteiger charge is -2.27. The molecule has 0 saturated carbocycles. The van der Waals surface area contributed by atoms with Gasteiger partial charge in [-0.05, 0) is 54.4 Å². The van der Waals surface area contributed by atoms with Crippen molar-refractivity contribution in [2.24, 2.45) is 0 Å². The van der Waals surface area contributed by atoms with E-state index in [0.717, 1.165) is 16.9 Å². The lowest BCUT2D eigenvalue weighted by atomic mass is 9.95. The first-order valence-corrected chi connectivity index (χ1v) is 11.6. The lowest BCUT2D eigenvalue weighted by molar-refractivity contribution is 0.0730. The summed E-state index contributed by atoms with van der Waals surface area (Å²) in [6.45, 7) is 2.79. The highest BCUT2D eigenvalue weighted by Crippen LogP contribution is 2.46. The molecule has 6 nitrogen and oxygen atoms in total. The molecule has 0 aliphatic carbocycles. The first-order valence-electron chi connectivity index (χ1n) is 10.8. The molecule has 34 heavy (non-hydrogen) atoms. The maximum absolute atomic E-state index is 13.6. The van der Waals surface area contributed by atoms with E-state index in [9.17, 15) is 9.90 Å². The fourth-order valence-corrected chi connectivity index (χ4v) is 4.70. The maximum Gasteiger partial charge on any atom is 0.273 e. The molecule has 5 rings (SSSR count). The number of aromatic hydroxyl groups is 1. The van der Waals surface area contributed by atoms with Crippen LogP contribution in [0.4, 0.5) is 0 Å². The summed E-state index contributed by atoms with van der Waals surface area (Å²) < 4.78 is 5.60. The zero-order valence-electron chi connectivity index (χ0n) is 18.3. The van der Waals surface area contributed by atoms with E-state index < -0.39 is 6.04 Å². The Morgan fingerprint density at radius 3 is 2.59 bits per heavy atom. The van der Waals surface area contributed by atoms with Crippen molar-refractivity contribution < 1.29 is 14.6 Å². The van der Waals surface area contributed by atoms with Crippen LogP contribution in [0.5, 0.6) is 11.5 Å². The number of aromatic amines is 1. The quantitative estimate of drug-likeness (QED) is 0.333. The van der Waals surface area contributed by atoms with Crippen LogP contribution in [0.15, 0.2) is 66.7 Å². The molecule has 1 aromatic heterocycles. The van der Waals surface area contributed by atoms with E-state index in [4.69, 9.17) is 27.9 Å². The van der Waals surface area contributed by atoms with Crippen LogP contribution in [0.3, 0.4) is 0 Å². The molecule has 8 heteroatoms. The Bertz CT molecular complexity index is 1370. The number of ether oxygens (including phenoxy) is 1. The van der Waals surface area contributed by atoms with Crippen molar-refractivity contribution in [1.29, 1.82) is 0 Å². The molecule has 1 atom stereocenters. The second kappa shape index (κ2) is 9.05. The summed E-state index contributed by atoms with van der Waals surface area (Å²) in [6.07, 6.45) is 0. The number of hydrogen-bond donors (Lipinski definition) is 2. The van der Waals surface area contributed by atoms with Gasteiger partial charge >= 0.3 is 0 Å². The van der Waals surface area contributed by atoms with Crippen LogP contribution in [0, 0.1) is 0 Å². The van der Waals surface area contributed by atoms with Crippen LogP contribution in [0.25, 0.3) is 11.3 Å². The van der Waals surface area contributed by atoms with Crippen LogP contribution in [-0.4, -0.2) is 32.7 Å². The molecule has 2 N–H and O–H groups in total. The topological polar surface area (TPSA) is 78.5 Å². The Kier molecular flexibility index (Phi) is 5.94. The number of fused-ring (bicyclic) bond motifs is 1. The van der Waals surface area contributed by atoms with Gasteiger partial charge in [-0.3, -0.25) is 9.89 Å². The number of H-pyrrole nitrogens is 1. The molecule has 1 amide bonds. The number of rotatable bonds is 6. The third kappa shape index (κ3) is 3.89. The van der Waals surface area contributed by atoms with E-state index in [0.29, 0.717) is 45.7 Å². The summed E-state index contributed by atoms with van der Waals surface area (Å²) in [6, 6.07) is 19.4. The third-order valence-electron chi connectivity index (χ3n) is 5.88. The highest BCUT2D eigenvalue weighted by Gasteiger charge is 2.42. The molecule has 0 spiro atoms. The summed E-state index contributed by atoms with van der Waals surface area (Å²) in [7, 11) is 0. The zero-order valence-corrected chi connectivity index (χ0v) is 19.8. The second-order valence-corrected chi connectivity index (χ2v) is 8.80. The lowest BCUT2D eigenvalue weighted by Crippen LogP contribution is -2.29. The van der Waals surface area contributed by atoms with Crippen LogP contribution in [-0.2, 0) is 6.54 Å². The fraction of sp³-hybridized carbons (Fsp3) is 0.154. The average molecular weight is 494 g/mol. The summed E-state index contributed by atoms with van der Waals surface area (Å²) in [5, 5.41) is 18.9. The average Bonchev–Trinajstić information content (AvgIpc) is 3.37. The zero-order chi connectivity index (χ0) is 23.8. The number of hydrogen-bond acceptors (Lipinski definition) is 4. The highest BCUT2D eigenvalue weighted by molar-refractivity contribution is 6.31. The van der Waals surface area contributed by atoms with Crippen molar-refractivity contribution in [3.8, 4) is 22.8 Å². The predicted molar refractivity (Wildman–Crippen MR) is 131 cm³/mol. The van der Waals surface area contributed by atoms with Gasteiger partial charge in [-0.2, -0.15) is 5.10 Å². The highest BCUT2D eigenvalue weighted by atomic mass is 35.5. The van der Waals surface area contributed by atoms with E-state index in [1.165, 1.54) is 6.07 Å². The molecule has 0 bridgehead atoms. The number of aromatic nitrogens is 2. The molecule has 1 aliphatic rings. The SMILES string of the molecule is CCOc1ccc(C2c3c(-c4cc(Cl)ccc4O)n[nH]c3C(=O)N2Cc2ccccc2Cl)cc1. The van der Waals surface area contributed by atoms with E-state index >= 15 is 0 Å². The summed E-state index contributed by atoms with van der Waals surface area (Å²) in [5.74, 6) is 0.573. The number of nitrogens with zero attached hydrogens (tertiary/aromatic N) is 2. The third-order valence-corrected chi connectivity index (χ3v) is 6.49. The second-order valence-electron chi connectivity index (χ2n) is 7.95. The molecular weight excluding hydrogens is 473 g/mol. The Morgan fingerprint density at radius 2 is 1.85 bits per heavy atom. The molecular formula is C26H21Cl2N3O3. The van der Waals surface area contributed by atoms with Gasteiger partial charge in [0.1, 0.15) is 22.9 Å². The number of carbonyl (C=O) groups excluding carboxylic acids is 1. The number of benzene rings is 3. The normalized spacial score (nSPS) is 15.0. The number of amides is 1. The van der Waals surface area contributed by atoms with Gasteiger partial charge in [-0.25, -0.2) is 0 Å². The Morgan fingerprint density at radius 1 is 1.09 bits per heavy atom. The minimum atomic E-state index is -0.457. The monoisotopic (exact) mass is 493 g/mol. The van der Waals surface area contributed by atoms with Crippen molar-refractivity contribution in [3.05, 3.63) is 99.2 Å². The van der Waals surface area contributed by atoms with Crippen molar-refractivity contribution in [3.63, 3.8) is 0 Å². The number of nitrogens with one attached hydrogen (secondary N) is 1. The Hall–Kier alpha value is -3.48. The van der Waals surface area contributed by atoms with Gasteiger partial charge in [-0.15, -0.1) is 0 Å². The van der Waals surface area contributed by atoms with Crippen molar-refractivity contribution in [1.82, 2.24) is 15.1 Å². The first kappa shape index (κ1) is 22.3. The van der Waals surface area contributed by atoms with Gasteiger partial charge in [0.2, 0.25) is 0 Å². The van der Waals surface area contributed by atoms with Crippen molar-refractivity contribution >= 4 is 29.1 Å². The van der Waals surface area contributed by atoms with Crippen molar-refractivity contribution in [2.75, 3.05) is 6.61 Å². The molecule has 1 aliphatic heterocycles. The van der Waals surface area contributed by atoms with Gasteiger partial charge in [-0.1, -0.05) is 53.5 Å². The van der Waals surface area contributed by atoms with Crippen LogP contribution < -0.4 is 4.74 Å². The minimum Gasteiger partial charge on any atom is -0.507 e. The fourth-order valence-electron chi connectivity index (χ4n) is 4.33. The maximum atomic E-state index is 13.6. The predicted octanol–water partition coefficient (Wildman–Crippen LogP) is 6.23. The number of halogens is 2.